The summed E-state index contributed by atoms with van der Waals surface area (Å²) < 4.78 is 0. The first-order valence-corrected chi connectivity index (χ1v) is 9.88. The van der Waals surface area contributed by atoms with Gasteiger partial charge in [-0.05, 0) is 22.8 Å². The summed E-state index contributed by atoms with van der Waals surface area (Å²) in [5.74, 6) is 0. The second kappa shape index (κ2) is 8.39. The lowest BCUT2D eigenvalue weighted by molar-refractivity contribution is -0.384. The van der Waals surface area contributed by atoms with E-state index in [4.69, 9.17) is 11.6 Å². The van der Waals surface area contributed by atoms with Gasteiger partial charge in [-0.25, -0.2) is 0 Å². The highest BCUT2D eigenvalue weighted by atomic mass is 35.5. The molecule has 5 heteroatoms. The molecule has 0 bridgehead atoms. The summed E-state index contributed by atoms with van der Waals surface area (Å²) in [4.78, 5) is 11.0. The van der Waals surface area contributed by atoms with Crippen molar-refractivity contribution in [3.8, 4) is 0 Å². The zero-order valence-corrected chi connectivity index (χ0v) is 16.8. The van der Waals surface area contributed by atoms with E-state index in [9.17, 15) is 10.1 Å². The predicted octanol–water partition coefficient (Wildman–Crippen LogP) is 6.65. The first kappa shape index (κ1) is 19.7. The average molecular weight is 415 g/mol. The van der Waals surface area contributed by atoms with Crippen LogP contribution in [0.4, 0.5) is 11.4 Å². The Morgan fingerprint density at radius 3 is 1.53 bits per heavy atom. The smallest absolute Gasteiger partial charge is 0.271 e. The third kappa shape index (κ3) is 3.65. The van der Waals surface area contributed by atoms with Crippen LogP contribution in [-0.4, -0.2) is 4.92 Å². The Morgan fingerprint density at radius 1 is 0.700 bits per heavy atom. The van der Waals surface area contributed by atoms with Crippen molar-refractivity contribution in [1.29, 1.82) is 0 Å². The van der Waals surface area contributed by atoms with Gasteiger partial charge in [-0.15, -0.1) is 0 Å². The van der Waals surface area contributed by atoms with Crippen LogP contribution >= 0.6 is 11.6 Å². The number of hydrogen-bond acceptors (Lipinski definition) is 3. The standard InChI is InChI=1S/C25H19ClN2O2/c26-23-17-16-22(28(29)30)18-24(23)27-25(19-10-4-1-5-11-19,20-12-6-2-7-13-20)21-14-8-3-9-15-21/h1-18,27H. The number of nitro benzene ring substituents is 1. The third-order valence-electron chi connectivity index (χ3n) is 5.10. The summed E-state index contributed by atoms with van der Waals surface area (Å²) in [6.45, 7) is 0. The van der Waals surface area contributed by atoms with Gasteiger partial charge in [-0.2, -0.15) is 0 Å². The second-order valence-corrected chi connectivity index (χ2v) is 7.30. The van der Waals surface area contributed by atoms with E-state index in [-0.39, 0.29) is 5.69 Å². The van der Waals surface area contributed by atoms with Gasteiger partial charge in [-0.3, -0.25) is 10.1 Å². The maximum Gasteiger partial charge on any atom is 0.271 e. The second-order valence-electron chi connectivity index (χ2n) is 6.89. The van der Waals surface area contributed by atoms with Crippen molar-refractivity contribution in [2.75, 3.05) is 5.32 Å². The molecule has 4 aromatic rings. The summed E-state index contributed by atoms with van der Waals surface area (Å²) in [5, 5.41) is 15.4. The van der Waals surface area contributed by atoms with Gasteiger partial charge in [0.2, 0.25) is 0 Å². The van der Waals surface area contributed by atoms with Crippen molar-refractivity contribution in [3.63, 3.8) is 0 Å². The summed E-state index contributed by atoms with van der Waals surface area (Å²) in [5.41, 5.74) is 2.63. The Balaban J connectivity index is 2.01. The predicted molar refractivity (Wildman–Crippen MR) is 121 cm³/mol. The summed E-state index contributed by atoms with van der Waals surface area (Å²) in [6, 6.07) is 34.4. The highest BCUT2D eigenvalue weighted by Gasteiger charge is 2.37. The van der Waals surface area contributed by atoms with Crippen LogP contribution in [0.1, 0.15) is 16.7 Å². The maximum atomic E-state index is 11.4. The largest absolute Gasteiger partial charge is 0.366 e. The van der Waals surface area contributed by atoms with Crippen molar-refractivity contribution >= 4 is 23.0 Å². The Bertz CT molecular complexity index is 1050. The van der Waals surface area contributed by atoms with E-state index in [0.29, 0.717) is 10.7 Å². The third-order valence-corrected chi connectivity index (χ3v) is 5.43. The molecule has 0 aromatic heterocycles. The van der Waals surface area contributed by atoms with E-state index in [0.717, 1.165) is 16.7 Å². The molecule has 0 unspecified atom stereocenters. The molecule has 0 radical (unpaired) electrons. The molecule has 30 heavy (non-hydrogen) atoms. The zero-order valence-electron chi connectivity index (χ0n) is 16.0. The number of benzene rings is 4. The fraction of sp³-hybridized carbons (Fsp3) is 0.0400. The van der Waals surface area contributed by atoms with Crippen molar-refractivity contribution in [1.82, 2.24) is 0 Å². The van der Waals surface area contributed by atoms with Crippen LogP contribution in [0.3, 0.4) is 0 Å². The van der Waals surface area contributed by atoms with Gasteiger partial charge < -0.3 is 5.32 Å². The molecule has 0 saturated carbocycles. The van der Waals surface area contributed by atoms with Crippen LogP contribution in [0.15, 0.2) is 109 Å². The van der Waals surface area contributed by atoms with Gasteiger partial charge in [0.15, 0.2) is 0 Å². The van der Waals surface area contributed by atoms with E-state index in [1.807, 2.05) is 91.0 Å². The molecule has 0 heterocycles. The van der Waals surface area contributed by atoms with E-state index >= 15 is 0 Å². The SMILES string of the molecule is O=[N+]([O-])c1ccc(Cl)c(NC(c2ccccc2)(c2ccccc2)c2ccccc2)c1. The monoisotopic (exact) mass is 414 g/mol. The Morgan fingerprint density at radius 2 is 1.13 bits per heavy atom. The molecule has 0 aliphatic rings. The molecule has 0 atom stereocenters. The lowest BCUT2D eigenvalue weighted by atomic mass is 9.77. The van der Waals surface area contributed by atoms with Gasteiger partial charge in [-0.1, -0.05) is 103 Å². The van der Waals surface area contributed by atoms with Crippen LogP contribution in [0.2, 0.25) is 5.02 Å². The molecule has 0 fully saturated rings. The Labute approximate surface area is 179 Å². The summed E-state index contributed by atoms with van der Waals surface area (Å²) in [7, 11) is 0. The Hall–Kier alpha value is -3.63. The minimum Gasteiger partial charge on any atom is -0.366 e. The number of rotatable bonds is 6. The van der Waals surface area contributed by atoms with Gasteiger partial charge >= 0.3 is 0 Å². The van der Waals surface area contributed by atoms with Gasteiger partial charge in [0.25, 0.3) is 5.69 Å². The lowest BCUT2D eigenvalue weighted by Gasteiger charge is -2.38. The molecule has 0 aliphatic heterocycles. The van der Waals surface area contributed by atoms with Gasteiger partial charge in [0.05, 0.1) is 15.6 Å². The van der Waals surface area contributed by atoms with Crippen LogP contribution in [0.25, 0.3) is 0 Å². The molecular formula is C25H19ClN2O2. The number of nitro groups is 1. The number of nitrogens with zero attached hydrogens (tertiary/aromatic N) is 1. The molecule has 1 N–H and O–H groups in total. The average Bonchev–Trinajstić information content (AvgIpc) is 2.80. The number of nitrogens with one attached hydrogen (secondary N) is 1. The molecular weight excluding hydrogens is 396 g/mol. The zero-order chi connectivity index (χ0) is 21.0. The van der Waals surface area contributed by atoms with E-state index < -0.39 is 10.5 Å². The van der Waals surface area contributed by atoms with E-state index in [2.05, 4.69) is 5.32 Å². The number of hydrogen-bond donors (Lipinski definition) is 1. The Kier molecular flexibility index (Phi) is 5.50. The summed E-state index contributed by atoms with van der Waals surface area (Å²) in [6.07, 6.45) is 0. The molecule has 4 nitrogen and oxygen atoms in total. The molecule has 0 aliphatic carbocycles. The van der Waals surface area contributed by atoms with Crippen LogP contribution in [0, 0.1) is 10.1 Å². The highest BCUT2D eigenvalue weighted by molar-refractivity contribution is 6.33. The molecule has 0 amide bonds. The lowest BCUT2D eigenvalue weighted by Crippen LogP contribution is -2.38. The van der Waals surface area contributed by atoms with Crippen LogP contribution in [0.5, 0.6) is 0 Å². The molecule has 4 rings (SSSR count). The van der Waals surface area contributed by atoms with Crippen molar-refractivity contribution in [3.05, 3.63) is 141 Å². The quantitative estimate of drug-likeness (QED) is 0.218. The minimum absolute atomic E-state index is 0.0232. The highest BCUT2D eigenvalue weighted by Crippen LogP contribution is 2.42. The van der Waals surface area contributed by atoms with Crippen LogP contribution in [-0.2, 0) is 5.54 Å². The first-order valence-electron chi connectivity index (χ1n) is 9.50. The molecule has 0 spiro atoms. The first-order chi connectivity index (χ1) is 14.6. The van der Waals surface area contributed by atoms with Gasteiger partial charge in [0, 0.05) is 12.1 Å². The van der Waals surface area contributed by atoms with Crippen LogP contribution < -0.4 is 5.32 Å². The molecule has 148 valence electrons. The normalized spacial score (nSPS) is 11.1. The van der Waals surface area contributed by atoms with Gasteiger partial charge in [0.1, 0.15) is 5.54 Å². The van der Waals surface area contributed by atoms with Crippen molar-refractivity contribution in [2.24, 2.45) is 0 Å². The number of anilines is 1. The topological polar surface area (TPSA) is 55.2 Å². The number of non-ortho nitro benzene ring substituents is 1. The van der Waals surface area contributed by atoms with Crippen molar-refractivity contribution in [2.45, 2.75) is 5.54 Å². The number of halogens is 1. The summed E-state index contributed by atoms with van der Waals surface area (Å²) >= 11 is 6.48. The fourth-order valence-electron chi connectivity index (χ4n) is 3.71. The fourth-order valence-corrected chi connectivity index (χ4v) is 3.87. The minimum atomic E-state index is -0.803. The van der Waals surface area contributed by atoms with E-state index in [1.165, 1.54) is 12.1 Å². The maximum absolute atomic E-state index is 11.4. The molecule has 4 aromatic carbocycles. The molecule has 0 saturated heterocycles. The van der Waals surface area contributed by atoms with Crippen molar-refractivity contribution < 1.29 is 4.92 Å². The van der Waals surface area contributed by atoms with E-state index in [1.54, 1.807) is 6.07 Å².